The third-order valence-electron chi connectivity index (χ3n) is 11.5. The van der Waals surface area contributed by atoms with Crippen molar-refractivity contribution in [2.24, 2.45) is 11.7 Å². The van der Waals surface area contributed by atoms with E-state index in [9.17, 15) is 28.8 Å². The van der Waals surface area contributed by atoms with Crippen LogP contribution in [0.4, 0.5) is 14.4 Å². The molecule has 21 heteroatoms. The fourth-order valence-electron chi connectivity index (χ4n) is 8.01. The Hall–Kier alpha value is -6.52. The van der Waals surface area contributed by atoms with Gasteiger partial charge in [0, 0.05) is 32.0 Å². The molecule has 0 aromatic heterocycles. The van der Waals surface area contributed by atoms with E-state index in [1.165, 1.54) is 11.1 Å². The predicted octanol–water partition coefficient (Wildman–Crippen LogP) is 5.11. The summed E-state index contributed by atoms with van der Waals surface area (Å²) in [5, 5.41) is 16.2. The Morgan fingerprint density at radius 2 is 1.05 bits per heavy atom. The van der Waals surface area contributed by atoms with Crippen molar-refractivity contribution in [1.29, 1.82) is 0 Å². The van der Waals surface area contributed by atoms with Crippen LogP contribution in [-0.2, 0) is 54.0 Å². The van der Waals surface area contributed by atoms with Crippen molar-refractivity contribution in [2.75, 3.05) is 92.3 Å². The highest BCUT2D eigenvalue weighted by Crippen LogP contribution is 2.44. The molecule has 21 nitrogen and oxygen atoms in total. The Morgan fingerprint density at radius 1 is 0.545 bits per heavy atom. The zero-order chi connectivity index (χ0) is 56.2. The van der Waals surface area contributed by atoms with Gasteiger partial charge >= 0.3 is 18.2 Å². The van der Waals surface area contributed by atoms with Crippen LogP contribution in [0.25, 0.3) is 11.1 Å². The van der Waals surface area contributed by atoms with E-state index in [2.05, 4.69) is 56.2 Å². The zero-order valence-corrected chi connectivity index (χ0v) is 46.1. The van der Waals surface area contributed by atoms with Gasteiger partial charge in [0.15, 0.2) is 0 Å². The molecule has 7 amide bonds. The molecule has 0 aliphatic heterocycles. The second kappa shape index (κ2) is 32.9. The lowest BCUT2D eigenvalue weighted by molar-refractivity contribution is -0.133. The predicted molar refractivity (Wildman–Crippen MR) is 289 cm³/mol. The number of primary amides is 1. The summed E-state index contributed by atoms with van der Waals surface area (Å²) in [6.07, 6.45) is -0.887. The van der Waals surface area contributed by atoms with E-state index in [1.54, 1.807) is 58.9 Å². The first-order valence-electron chi connectivity index (χ1n) is 26.4. The Morgan fingerprint density at radius 3 is 1.56 bits per heavy atom. The van der Waals surface area contributed by atoms with Crippen molar-refractivity contribution < 1.29 is 66.7 Å². The van der Waals surface area contributed by atoms with Crippen molar-refractivity contribution in [3.8, 4) is 16.9 Å². The minimum absolute atomic E-state index is 0.00227. The number of hydrogen-bond donors (Lipinski definition) is 7. The highest BCUT2D eigenvalue weighted by Gasteiger charge is 2.33. The topological polar surface area (TPSA) is 274 Å². The van der Waals surface area contributed by atoms with Gasteiger partial charge in [-0.2, -0.15) is 0 Å². The Labute approximate surface area is 453 Å². The highest BCUT2D eigenvalue weighted by molar-refractivity contribution is 5.94. The van der Waals surface area contributed by atoms with Crippen molar-refractivity contribution in [3.05, 3.63) is 89.5 Å². The summed E-state index contributed by atoms with van der Waals surface area (Å²) in [4.78, 5) is 77.9. The number of hydrogen-bond acceptors (Lipinski definition) is 14. The largest absolute Gasteiger partial charge is 0.488 e. The first kappa shape index (κ1) is 63.0. The molecule has 0 unspecified atom stereocenters. The van der Waals surface area contributed by atoms with E-state index in [0.29, 0.717) is 65.1 Å². The third kappa shape index (κ3) is 24.6. The lowest BCUT2D eigenvalue weighted by atomic mass is 9.98. The number of carbonyl (C=O) groups excluding carboxylic acids is 6. The van der Waals surface area contributed by atoms with Crippen molar-refractivity contribution in [2.45, 2.75) is 110 Å². The minimum atomic E-state index is -1.17. The van der Waals surface area contributed by atoms with Gasteiger partial charge in [0.1, 0.15) is 41.7 Å². The molecule has 0 heterocycles. The van der Waals surface area contributed by atoms with Crippen molar-refractivity contribution in [3.63, 3.8) is 0 Å². The van der Waals surface area contributed by atoms with E-state index < -0.39 is 65.3 Å². The molecule has 426 valence electrons. The number of alkyl carbamates (subject to hydrolysis) is 2. The minimum Gasteiger partial charge on any atom is -0.488 e. The highest BCUT2D eigenvalue weighted by atomic mass is 16.6. The molecule has 0 saturated heterocycles. The molecule has 3 atom stereocenters. The number of amides is 7. The van der Waals surface area contributed by atoms with Crippen LogP contribution in [0.5, 0.6) is 5.75 Å². The molecule has 3 aromatic rings. The third-order valence-corrected chi connectivity index (χ3v) is 11.5. The maximum absolute atomic E-state index is 14.0. The lowest BCUT2D eigenvalue weighted by Gasteiger charge is -2.28. The van der Waals surface area contributed by atoms with Crippen LogP contribution >= 0.6 is 0 Å². The van der Waals surface area contributed by atoms with Gasteiger partial charge in [0.2, 0.25) is 17.7 Å². The summed E-state index contributed by atoms with van der Waals surface area (Å²) in [7, 11) is 0. The number of ether oxygens (including phenoxy) is 8. The molecular formula is C56H83N7O14. The molecule has 0 saturated carbocycles. The molecule has 0 bridgehead atoms. The average molecular weight is 1080 g/mol. The zero-order valence-electron chi connectivity index (χ0n) is 46.1. The molecule has 3 aromatic carbocycles. The fourth-order valence-corrected chi connectivity index (χ4v) is 8.01. The maximum Gasteiger partial charge on any atom is 0.408 e. The summed E-state index contributed by atoms with van der Waals surface area (Å²) in [5.74, 6) is -1.55. The maximum atomic E-state index is 14.0. The van der Waals surface area contributed by atoms with Crippen LogP contribution in [0.2, 0.25) is 0 Å². The molecular weight excluding hydrogens is 995 g/mol. The fraction of sp³-hybridized carbons (Fsp3) is 0.571. The van der Waals surface area contributed by atoms with E-state index in [-0.39, 0.29) is 64.0 Å². The quantitative estimate of drug-likeness (QED) is 0.0383. The number of benzene rings is 3. The first-order chi connectivity index (χ1) is 36.7. The summed E-state index contributed by atoms with van der Waals surface area (Å²) in [5.41, 5.74) is 9.38. The van der Waals surface area contributed by atoms with Gasteiger partial charge in [-0.25, -0.2) is 14.4 Å². The molecule has 1 aliphatic rings. The Kier molecular flexibility index (Phi) is 26.9. The van der Waals surface area contributed by atoms with E-state index in [1.807, 2.05) is 45.0 Å². The second-order valence-corrected chi connectivity index (χ2v) is 20.6. The summed E-state index contributed by atoms with van der Waals surface area (Å²) in [6, 6.07) is 19.5. The van der Waals surface area contributed by atoms with Gasteiger partial charge < -0.3 is 75.5 Å². The van der Waals surface area contributed by atoms with Crippen molar-refractivity contribution >= 4 is 35.9 Å². The van der Waals surface area contributed by atoms with E-state index in [4.69, 9.17) is 43.6 Å². The molecule has 77 heavy (non-hydrogen) atoms. The Balaban J connectivity index is 1.11. The molecule has 8 N–H and O–H groups in total. The molecule has 0 radical (unpaired) electrons. The molecule has 0 spiro atoms. The smallest absolute Gasteiger partial charge is 0.408 e. The van der Waals surface area contributed by atoms with Gasteiger partial charge in [-0.15, -0.1) is 0 Å². The van der Waals surface area contributed by atoms with Gasteiger partial charge in [0.25, 0.3) is 0 Å². The average Bonchev–Trinajstić information content (AvgIpc) is 3.68. The van der Waals surface area contributed by atoms with Gasteiger partial charge in [0.05, 0.1) is 66.1 Å². The standard InChI is InChI=1S/C56H83N7O14/c1-38(2)48(63-54(69)77-56(6,7)8)51(66)61-46(18-13-23-59-52(57)67)50(65)62-47(36-39-19-21-40(22-20-39)76-55(3,4)5)49(64)58-24-26-70-28-30-72-32-34-74-35-33-73-31-29-71-27-25-60-53(68)75-37-45-43-16-11-9-14-41(43)42-15-10-12-17-44(42)45/h9-12,14-17,19-22,38,45-48H,13,18,23-37H2,1-8H3,(H,58,64)(H,60,68)(H,61,66)(H,62,65)(H,63,69)(H3,57,59,67)/t46-,47-,48-/m0/s1. The number of nitrogens with one attached hydrogen (secondary N) is 6. The summed E-state index contributed by atoms with van der Waals surface area (Å²) in [6.45, 7) is 18.4. The van der Waals surface area contributed by atoms with Gasteiger partial charge in [-0.05, 0) is 100 Å². The van der Waals surface area contributed by atoms with Crippen molar-refractivity contribution in [1.82, 2.24) is 31.9 Å². The molecule has 0 fully saturated rings. The van der Waals surface area contributed by atoms with Crippen LogP contribution in [0.15, 0.2) is 72.8 Å². The van der Waals surface area contributed by atoms with Crippen LogP contribution < -0.4 is 42.4 Å². The van der Waals surface area contributed by atoms with Crippen LogP contribution in [0, 0.1) is 5.92 Å². The van der Waals surface area contributed by atoms with Crippen LogP contribution in [-0.4, -0.2) is 158 Å². The number of carbonyl (C=O) groups is 6. The summed E-state index contributed by atoms with van der Waals surface area (Å²) >= 11 is 0. The van der Waals surface area contributed by atoms with Gasteiger partial charge in [-0.1, -0.05) is 74.5 Å². The number of urea groups is 1. The van der Waals surface area contributed by atoms with E-state index in [0.717, 1.165) is 16.7 Å². The molecule has 4 rings (SSSR count). The second-order valence-electron chi connectivity index (χ2n) is 20.6. The first-order valence-corrected chi connectivity index (χ1v) is 26.4. The van der Waals surface area contributed by atoms with Crippen LogP contribution in [0.1, 0.15) is 90.8 Å². The molecule has 1 aliphatic carbocycles. The Bertz CT molecular complexity index is 2260. The number of nitrogens with two attached hydrogens (primary N) is 1. The van der Waals surface area contributed by atoms with Gasteiger partial charge in [-0.3, -0.25) is 14.4 Å². The summed E-state index contributed by atoms with van der Waals surface area (Å²) < 4.78 is 44.8. The number of rotatable bonds is 34. The van der Waals surface area contributed by atoms with Crippen LogP contribution in [0.3, 0.4) is 0 Å². The number of fused-ring (bicyclic) bond motifs is 3. The normalized spacial score (nSPS) is 13.3. The SMILES string of the molecule is CC(C)[C@H](NC(=O)OC(C)(C)C)C(=O)N[C@@H](CCCNC(N)=O)C(=O)N[C@@H](Cc1ccc(OC(C)(C)C)cc1)C(=O)NCCOCCOCCOCCOCCOCCNC(=O)OCC1c2ccccc2-c2ccccc21. The monoisotopic (exact) mass is 1080 g/mol. The van der Waals surface area contributed by atoms with E-state index >= 15 is 0 Å². The lowest BCUT2D eigenvalue weighted by Crippen LogP contribution is -2.58.